The minimum absolute atomic E-state index is 0.0569. The van der Waals surface area contributed by atoms with Gasteiger partial charge in [0.2, 0.25) is 0 Å². The van der Waals surface area contributed by atoms with Crippen LogP contribution in [0.3, 0.4) is 0 Å². The van der Waals surface area contributed by atoms with Gasteiger partial charge in [-0.15, -0.1) is 11.6 Å². The third-order valence-electron chi connectivity index (χ3n) is 2.05. The molecule has 1 N–H and O–H groups in total. The zero-order valence-corrected chi connectivity index (χ0v) is 9.45. The monoisotopic (exact) mass is 242 g/mol. The largest absolute Gasteiger partial charge is 0.351 e. The Morgan fingerprint density at radius 3 is 2.81 bits per heavy atom. The quantitative estimate of drug-likeness (QED) is 0.498. The van der Waals surface area contributed by atoms with Crippen molar-refractivity contribution >= 4 is 23.2 Å². The molecule has 0 unspecified atom stereocenters. The number of halogens is 1. The Balaban J connectivity index is 2.94. The van der Waals surface area contributed by atoms with Crippen molar-refractivity contribution in [2.75, 3.05) is 12.4 Å². The van der Waals surface area contributed by atoms with Crippen molar-refractivity contribution in [2.45, 2.75) is 6.92 Å². The fraction of sp³-hybridized carbons (Fsp3) is 0.300. The second-order valence-electron chi connectivity index (χ2n) is 3.20. The lowest BCUT2D eigenvalue weighted by molar-refractivity contribution is -0.385. The highest BCUT2D eigenvalue weighted by Gasteiger charge is 2.14. The van der Waals surface area contributed by atoms with Crippen molar-refractivity contribution in [3.05, 3.63) is 39.4 Å². The molecule has 0 radical (unpaired) electrons. The molecule has 0 aliphatic rings. The number of benzene rings is 1. The molecular formula is C10H11ClN2O3. The summed E-state index contributed by atoms with van der Waals surface area (Å²) < 4.78 is 0. The molecule has 16 heavy (non-hydrogen) atoms. The van der Waals surface area contributed by atoms with E-state index in [4.69, 9.17) is 11.6 Å². The van der Waals surface area contributed by atoms with E-state index in [1.807, 2.05) is 0 Å². The summed E-state index contributed by atoms with van der Waals surface area (Å²) in [5, 5.41) is 13.2. The van der Waals surface area contributed by atoms with Crippen LogP contribution in [0.25, 0.3) is 0 Å². The van der Waals surface area contributed by atoms with Crippen LogP contribution in [0.2, 0.25) is 0 Å². The van der Waals surface area contributed by atoms with Gasteiger partial charge in [-0.3, -0.25) is 14.9 Å². The molecule has 1 amide bonds. The number of rotatable bonds is 4. The Bertz CT molecular complexity index is 421. The maximum Gasteiger partial charge on any atom is 0.273 e. The van der Waals surface area contributed by atoms with Crippen molar-refractivity contribution in [1.29, 1.82) is 0 Å². The third-order valence-corrected chi connectivity index (χ3v) is 2.24. The second kappa shape index (κ2) is 5.46. The molecule has 0 bridgehead atoms. The Hall–Kier alpha value is -1.62. The first kappa shape index (κ1) is 12.4. The van der Waals surface area contributed by atoms with Crippen LogP contribution in [0.4, 0.5) is 5.69 Å². The summed E-state index contributed by atoms with van der Waals surface area (Å²) in [5.74, 6) is -0.0524. The van der Waals surface area contributed by atoms with E-state index in [2.05, 4.69) is 5.32 Å². The van der Waals surface area contributed by atoms with Crippen LogP contribution in [-0.4, -0.2) is 23.3 Å². The van der Waals surface area contributed by atoms with Gasteiger partial charge in [-0.1, -0.05) is 6.07 Å². The van der Waals surface area contributed by atoms with Gasteiger partial charge < -0.3 is 5.32 Å². The van der Waals surface area contributed by atoms with Gasteiger partial charge in [0.1, 0.15) is 0 Å². The van der Waals surface area contributed by atoms with E-state index in [-0.39, 0.29) is 17.2 Å². The number of alkyl halides is 1. The first-order chi connectivity index (χ1) is 7.56. The van der Waals surface area contributed by atoms with Gasteiger partial charge in [-0.2, -0.15) is 0 Å². The lowest BCUT2D eigenvalue weighted by Gasteiger charge is -2.03. The third kappa shape index (κ3) is 2.93. The van der Waals surface area contributed by atoms with E-state index in [0.29, 0.717) is 18.0 Å². The number of nitrogens with one attached hydrogen (secondary N) is 1. The average molecular weight is 243 g/mol. The summed E-state index contributed by atoms with van der Waals surface area (Å²) in [4.78, 5) is 21.7. The number of aryl methyl sites for hydroxylation is 1. The first-order valence-electron chi connectivity index (χ1n) is 4.65. The summed E-state index contributed by atoms with van der Waals surface area (Å²) >= 11 is 5.42. The number of nitro groups is 1. The molecule has 0 saturated carbocycles. The molecule has 86 valence electrons. The zero-order valence-electron chi connectivity index (χ0n) is 8.70. The summed E-state index contributed by atoms with van der Waals surface area (Å²) in [7, 11) is 0. The highest BCUT2D eigenvalue weighted by molar-refractivity contribution is 6.18. The summed E-state index contributed by atoms with van der Waals surface area (Å²) in [6.07, 6.45) is 0. The average Bonchev–Trinajstić information content (AvgIpc) is 2.26. The number of carbonyl (C=O) groups excluding carboxylic acids is 1. The molecule has 0 aliphatic carbocycles. The molecule has 0 aliphatic heterocycles. The maximum absolute atomic E-state index is 11.5. The predicted octanol–water partition coefficient (Wildman–Crippen LogP) is 1.87. The number of hydrogen-bond donors (Lipinski definition) is 1. The van der Waals surface area contributed by atoms with Crippen LogP contribution in [0.5, 0.6) is 0 Å². The van der Waals surface area contributed by atoms with Crippen LogP contribution >= 0.6 is 11.6 Å². The van der Waals surface area contributed by atoms with Crippen LogP contribution < -0.4 is 5.32 Å². The number of carbonyl (C=O) groups is 1. The Kier molecular flexibility index (Phi) is 4.25. The molecule has 6 heteroatoms. The highest BCUT2D eigenvalue weighted by Crippen LogP contribution is 2.18. The molecule has 0 heterocycles. The van der Waals surface area contributed by atoms with E-state index in [1.54, 1.807) is 19.1 Å². The van der Waals surface area contributed by atoms with Gasteiger partial charge in [0, 0.05) is 29.6 Å². The molecule has 5 nitrogen and oxygen atoms in total. The molecule has 1 rings (SSSR count). The second-order valence-corrected chi connectivity index (χ2v) is 3.58. The molecule has 1 aromatic carbocycles. The van der Waals surface area contributed by atoms with Gasteiger partial charge in [0.15, 0.2) is 0 Å². The van der Waals surface area contributed by atoms with Gasteiger partial charge in [0.05, 0.1) is 4.92 Å². The summed E-state index contributed by atoms with van der Waals surface area (Å²) in [6, 6.07) is 4.36. The van der Waals surface area contributed by atoms with Crippen molar-refractivity contribution in [1.82, 2.24) is 5.32 Å². The number of hydrogen-bond acceptors (Lipinski definition) is 3. The van der Waals surface area contributed by atoms with E-state index in [0.717, 1.165) is 0 Å². The van der Waals surface area contributed by atoms with Crippen molar-refractivity contribution < 1.29 is 9.72 Å². The number of amides is 1. The van der Waals surface area contributed by atoms with Crippen LogP contribution in [0.15, 0.2) is 18.2 Å². The van der Waals surface area contributed by atoms with Gasteiger partial charge in [0.25, 0.3) is 11.6 Å². The Labute approximate surface area is 97.6 Å². The lowest BCUT2D eigenvalue weighted by atomic mass is 10.1. The SMILES string of the molecule is Cc1ccc(C(=O)NCCCl)cc1[N+](=O)[O-]. The highest BCUT2D eigenvalue weighted by atomic mass is 35.5. The molecule has 0 atom stereocenters. The molecule has 0 fully saturated rings. The molecule has 0 aromatic heterocycles. The molecular weight excluding hydrogens is 232 g/mol. The van der Waals surface area contributed by atoms with E-state index in [9.17, 15) is 14.9 Å². The van der Waals surface area contributed by atoms with Crippen molar-refractivity contribution in [3.8, 4) is 0 Å². The van der Waals surface area contributed by atoms with E-state index < -0.39 is 4.92 Å². The van der Waals surface area contributed by atoms with Gasteiger partial charge in [-0.25, -0.2) is 0 Å². The minimum Gasteiger partial charge on any atom is -0.351 e. The zero-order chi connectivity index (χ0) is 12.1. The Morgan fingerprint density at radius 1 is 1.56 bits per heavy atom. The number of nitro benzene ring substituents is 1. The van der Waals surface area contributed by atoms with Gasteiger partial charge >= 0.3 is 0 Å². The summed E-state index contributed by atoms with van der Waals surface area (Å²) in [6.45, 7) is 1.96. The fourth-order valence-corrected chi connectivity index (χ4v) is 1.30. The fourth-order valence-electron chi connectivity index (χ4n) is 1.21. The van der Waals surface area contributed by atoms with Crippen LogP contribution in [-0.2, 0) is 0 Å². The molecule has 1 aromatic rings. The topological polar surface area (TPSA) is 72.2 Å². The van der Waals surface area contributed by atoms with E-state index in [1.165, 1.54) is 6.07 Å². The molecule has 0 spiro atoms. The van der Waals surface area contributed by atoms with Crippen molar-refractivity contribution in [2.24, 2.45) is 0 Å². The van der Waals surface area contributed by atoms with Gasteiger partial charge in [-0.05, 0) is 13.0 Å². The van der Waals surface area contributed by atoms with Crippen LogP contribution in [0, 0.1) is 17.0 Å². The maximum atomic E-state index is 11.5. The number of nitrogens with zero attached hydrogens (tertiary/aromatic N) is 1. The Morgan fingerprint density at radius 2 is 2.25 bits per heavy atom. The predicted molar refractivity (Wildman–Crippen MR) is 60.9 cm³/mol. The smallest absolute Gasteiger partial charge is 0.273 e. The molecule has 0 saturated heterocycles. The standard InChI is InChI=1S/C10H11ClN2O3/c1-7-2-3-8(6-9(7)13(15)16)10(14)12-5-4-11/h2-3,6H,4-5H2,1H3,(H,12,14). The lowest BCUT2D eigenvalue weighted by Crippen LogP contribution is -2.25. The van der Waals surface area contributed by atoms with Crippen LogP contribution in [0.1, 0.15) is 15.9 Å². The summed E-state index contributed by atoms with van der Waals surface area (Å²) in [5.41, 5.74) is 0.736. The normalized spacial score (nSPS) is 9.88. The first-order valence-corrected chi connectivity index (χ1v) is 5.19. The van der Waals surface area contributed by atoms with Crippen molar-refractivity contribution in [3.63, 3.8) is 0 Å². The van der Waals surface area contributed by atoms with E-state index >= 15 is 0 Å². The minimum atomic E-state index is -0.506.